The van der Waals surface area contributed by atoms with E-state index in [9.17, 15) is 8.42 Å². The normalized spacial score (nSPS) is 18.8. The van der Waals surface area contributed by atoms with Crippen LogP contribution in [0.5, 0.6) is 5.75 Å². The van der Waals surface area contributed by atoms with Gasteiger partial charge in [0.2, 0.25) is 0 Å². The number of ether oxygens (including phenoxy) is 1. The summed E-state index contributed by atoms with van der Waals surface area (Å²) < 4.78 is 31.6. The molecule has 5 nitrogen and oxygen atoms in total. The van der Waals surface area contributed by atoms with E-state index in [1.54, 1.807) is 0 Å². The molecule has 0 aliphatic heterocycles. The summed E-state index contributed by atoms with van der Waals surface area (Å²) in [6.07, 6.45) is 1.98. The van der Waals surface area contributed by atoms with Crippen molar-refractivity contribution in [2.45, 2.75) is 18.3 Å². The molecule has 26 heavy (non-hydrogen) atoms. The van der Waals surface area contributed by atoms with Gasteiger partial charge in [-0.2, -0.15) is 8.42 Å². The summed E-state index contributed by atoms with van der Waals surface area (Å²) in [5.74, 6) is 2.35. The Morgan fingerprint density at radius 3 is 2.00 bits per heavy atom. The molecule has 6 heteroatoms. The topological polar surface area (TPSA) is 66.8 Å². The lowest BCUT2D eigenvalue weighted by atomic mass is 10.0. The Bertz CT molecular complexity index is 765. The molecule has 0 amide bonds. The fourth-order valence-electron chi connectivity index (χ4n) is 2.79. The van der Waals surface area contributed by atoms with E-state index in [2.05, 4.69) is 73.6 Å². The van der Waals surface area contributed by atoms with Crippen molar-refractivity contribution in [2.75, 3.05) is 33.5 Å². The van der Waals surface area contributed by atoms with Crippen LogP contribution in [0, 0.1) is 0 Å². The molecule has 1 saturated carbocycles. The maximum atomic E-state index is 9.19. The minimum atomic E-state index is -3.67. The van der Waals surface area contributed by atoms with Crippen molar-refractivity contribution in [1.29, 1.82) is 0 Å². The maximum Gasteiger partial charge on any atom is 0.261 e. The van der Waals surface area contributed by atoms with Crippen molar-refractivity contribution < 1.29 is 17.7 Å². The van der Waals surface area contributed by atoms with Gasteiger partial charge in [0, 0.05) is 6.54 Å². The van der Waals surface area contributed by atoms with Crippen LogP contribution >= 0.6 is 0 Å². The summed E-state index contributed by atoms with van der Waals surface area (Å²) >= 11 is 0. The number of hydrogen-bond donors (Lipinski definition) is 1. The minimum Gasteiger partial charge on any atom is -0.492 e. The van der Waals surface area contributed by atoms with Gasteiger partial charge in [-0.15, -0.1) is 0 Å². The van der Waals surface area contributed by atoms with Crippen LogP contribution in [0.2, 0.25) is 0 Å². The summed E-state index contributed by atoms with van der Waals surface area (Å²) in [5, 5.41) is 0. The van der Waals surface area contributed by atoms with Crippen molar-refractivity contribution in [1.82, 2.24) is 4.90 Å². The highest BCUT2D eigenvalue weighted by molar-refractivity contribution is 7.85. The lowest BCUT2D eigenvalue weighted by molar-refractivity contribution is 0.261. The number of benzene rings is 2. The van der Waals surface area contributed by atoms with Gasteiger partial charge in [-0.1, -0.05) is 42.5 Å². The first-order valence-electron chi connectivity index (χ1n) is 8.59. The van der Waals surface area contributed by atoms with E-state index in [0.717, 1.165) is 18.9 Å². The molecule has 1 aliphatic carbocycles. The van der Waals surface area contributed by atoms with Crippen molar-refractivity contribution in [2.24, 2.45) is 0 Å². The molecule has 1 fully saturated rings. The zero-order chi connectivity index (χ0) is 19.2. The molecular formula is C20H27NO4S. The highest BCUT2D eigenvalue weighted by Crippen LogP contribution is 2.54. The first-order valence-corrected chi connectivity index (χ1v) is 10.4. The third-order valence-corrected chi connectivity index (χ3v) is 4.13. The second-order valence-corrected chi connectivity index (χ2v) is 8.28. The molecule has 0 heterocycles. The van der Waals surface area contributed by atoms with E-state index >= 15 is 0 Å². The number of nitrogens with zero attached hydrogens (tertiary/aromatic N) is 1. The van der Waals surface area contributed by atoms with Crippen LogP contribution in [0.4, 0.5) is 0 Å². The molecule has 2 aromatic carbocycles. The first kappa shape index (κ1) is 20.4. The molecule has 0 radical (unpaired) electrons. The molecule has 0 aromatic heterocycles. The summed E-state index contributed by atoms with van der Waals surface area (Å²) in [5.41, 5.74) is 2.90. The highest BCUT2D eigenvalue weighted by Gasteiger charge is 2.39. The average molecular weight is 378 g/mol. The smallest absolute Gasteiger partial charge is 0.261 e. The second kappa shape index (κ2) is 9.16. The zero-order valence-corrected chi connectivity index (χ0v) is 16.3. The summed E-state index contributed by atoms with van der Waals surface area (Å²) in [7, 11) is 0.451. The molecule has 1 aliphatic rings. The van der Waals surface area contributed by atoms with Crippen molar-refractivity contribution >= 4 is 10.1 Å². The van der Waals surface area contributed by atoms with Gasteiger partial charge in [-0.25, -0.2) is 0 Å². The van der Waals surface area contributed by atoms with Crippen LogP contribution in [0.3, 0.4) is 0 Å². The van der Waals surface area contributed by atoms with Crippen LogP contribution < -0.4 is 4.74 Å². The van der Waals surface area contributed by atoms with Gasteiger partial charge in [0.25, 0.3) is 10.1 Å². The highest BCUT2D eigenvalue weighted by atomic mass is 32.2. The van der Waals surface area contributed by atoms with Gasteiger partial charge in [0.05, 0.1) is 6.26 Å². The van der Waals surface area contributed by atoms with Gasteiger partial charge >= 0.3 is 0 Å². The summed E-state index contributed by atoms with van der Waals surface area (Å²) in [6, 6.07) is 19.5. The van der Waals surface area contributed by atoms with E-state index < -0.39 is 10.1 Å². The first-order chi connectivity index (χ1) is 12.2. The lowest BCUT2D eigenvalue weighted by Gasteiger charge is -2.11. The fourth-order valence-corrected chi connectivity index (χ4v) is 2.79. The van der Waals surface area contributed by atoms with Crippen molar-refractivity contribution in [3.05, 3.63) is 65.7 Å². The zero-order valence-electron chi connectivity index (χ0n) is 15.5. The van der Waals surface area contributed by atoms with Crippen LogP contribution in [0.15, 0.2) is 54.6 Å². The predicted molar refractivity (Wildman–Crippen MR) is 105 cm³/mol. The van der Waals surface area contributed by atoms with E-state index in [0.29, 0.717) is 18.1 Å². The van der Waals surface area contributed by atoms with Crippen LogP contribution in [-0.2, 0) is 10.1 Å². The number of hydrogen-bond acceptors (Lipinski definition) is 4. The Kier molecular flexibility index (Phi) is 7.20. The maximum absolute atomic E-state index is 9.19. The van der Waals surface area contributed by atoms with E-state index in [1.165, 1.54) is 17.5 Å². The van der Waals surface area contributed by atoms with Gasteiger partial charge in [0.15, 0.2) is 0 Å². The molecule has 1 N–H and O–H groups in total. The number of likely N-dealkylation sites (N-methyl/N-ethyl adjacent to an activating group) is 1. The largest absolute Gasteiger partial charge is 0.492 e. The van der Waals surface area contributed by atoms with Gasteiger partial charge < -0.3 is 9.64 Å². The molecule has 2 unspecified atom stereocenters. The van der Waals surface area contributed by atoms with Crippen LogP contribution in [0.1, 0.15) is 29.4 Å². The minimum absolute atomic E-state index is 0.684. The molecule has 2 atom stereocenters. The van der Waals surface area contributed by atoms with Gasteiger partial charge in [-0.3, -0.25) is 4.55 Å². The quantitative estimate of drug-likeness (QED) is 0.782. The number of rotatable bonds is 6. The molecule has 3 rings (SSSR count). The lowest BCUT2D eigenvalue weighted by Crippen LogP contribution is -2.19. The Labute approximate surface area is 156 Å². The molecule has 0 saturated heterocycles. The average Bonchev–Trinajstić information content (AvgIpc) is 3.35. The van der Waals surface area contributed by atoms with E-state index in [1.807, 2.05) is 0 Å². The van der Waals surface area contributed by atoms with Crippen molar-refractivity contribution in [3.63, 3.8) is 0 Å². The van der Waals surface area contributed by atoms with Crippen LogP contribution in [0.25, 0.3) is 0 Å². The summed E-state index contributed by atoms with van der Waals surface area (Å²) in [4.78, 5) is 2.13. The van der Waals surface area contributed by atoms with Gasteiger partial charge in [-0.05, 0) is 55.6 Å². The van der Waals surface area contributed by atoms with E-state index in [4.69, 9.17) is 9.29 Å². The van der Waals surface area contributed by atoms with E-state index in [-0.39, 0.29) is 0 Å². The SMILES string of the molecule is CN(C)CCOc1ccc(C2CC2c2ccccc2)cc1.CS(=O)(=O)O. The third-order valence-electron chi connectivity index (χ3n) is 4.13. The Balaban J connectivity index is 0.000000431. The Morgan fingerprint density at radius 1 is 1.00 bits per heavy atom. The predicted octanol–water partition coefficient (Wildman–Crippen LogP) is 3.40. The monoisotopic (exact) mass is 377 g/mol. The second-order valence-electron chi connectivity index (χ2n) is 6.81. The summed E-state index contributed by atoms with van der Waals surface area (Å²) in [6.45, 7) is 1.68. The Hall–Kier alpha value is -1.89. The molecule has 2 aromatic rings. The third kappa shape index (κ3) is 7.56. The molecule has 142 valence electrons. The standard InChI is InChI=1S/C19H23NO.CH4O3S/c1-20(2)12-13-21-17-10-8-16(9-11-17)19-14-18(19)15-6-4-3-5-7-15;1-5(2,3)4/h3-11,18-19H,12-14H2,1-2H3;1H3,(H,2,3,4). The fraction of sp³-hybridized carbons (Fsp3) is 0.400. The molecular weight excluding hydrogens is 350 g/mol. The van der Waals surface area contributed by atoms with Crippen LogP contribution in [-0.4, -0.2) is 51.4 Å². The Morgan fingerprint density at radius 2 is 1.50 bits per heavy atom. The molecule has 0 bridgehead atoms. The molecule has 0 spiro atoms. The van der Waals surface area contributed by atoms with Gasteiger partial charge in [0.1, 0.15) is 12.4 Å². The van der Waals surface area contributed by atoms with Crippen molar-refractivity contribution in [3.8, 4) is 5.75 Å².